The van der Waals surface area contributed by atoms with Gasteiger partial charge in [0.25, 0.3) is 0 Å². The molecule has 3 heteroatoms. The SMILES string of the molecule is Cc1cccnc1CNC1(CO)CCCC1. The highest BCUT2D eigenvalue weighted by atomic mass is 16.3. The van der Waals surface area contributed by atoms with E-state index in [1.165, 1.54) is 18.4 Å². The van der Waals surface area contributed by atoms with Gasteiger partial charge >= 0.3 is 0 Å². The maximum atomic E-state index is 9.48. The van der Waals surface area contributed by atoms with E-state index in [4.69, 9.17) is 0 Å². The zero-order chi connectivity index (χ0) is 11.4. The summed E-state index contributed by atoms with van der Waals surface area (Å²) < 4.78 is 0. The van der Waals surface area contributed by atoms with Crippen molar-refractivity contribution in [3.63, 3.8) is 0 Å². The fraction of sp³-hybridized carbons (Fsp3) is 0.615. The minimum Gasteiger partial charge on any atom is -0.394 e. The predicted octanol–water partition coefficient (Wildman–Crippen LogP) is 1.78. The summed E-state index contributed by atoms with van der Waals surface area (Å²) in [6, 6.07) is 4.03. The number of nitrogens with zero attached hydrogens (tertiary/aromatic N) is 1. The Morgan fingerprint density at radius 3 is 2.81 bits per heavy atom. The third-order valence-corrected chi connectivity index (χ3v) is 3.61. The summed E-state index contributed by atoms with van der Waals surface area (Å²) in [5, 5.41) is 13.0. The molecule has 0 unspecified atom stereocenters. The first-order valence-electron chi connectivity index (χ1n) is 6.02. The van der Waals surface area contributed by atoms with Gasteiger partial charge in [-0.2, -0.15) is 0 Å². The molecule has 1 aliphatic rings. The number of pyridine rings is 1. The van der Waals surface area contributed by atoms with Crippen LogP contribution in [-0.4, -0.2) is 22.2 Å². The van der Waals surface area contributed by atoms with Crippen molar-refractivity contribution >= 4 is 0 Å². The maximum Gasteiger partial charge on any atom is 0.0613 e. The van der Waals surface area contributed by atoms with Crippen molar-refractivity contribution in [2.24, 2.45) is 0 Å². The van der Waals surface area contributed by atoms with E-state index in [-0.39, 0.29) is 12.1 Å². The second-order valence-electron chi connectivity index (χ2n) is 4.77. The van der Waals surface area contributed by atoms with Gasteiger partial charge < -0.3 is 10.4 Å². The van der Waals surface area contributed by atoms with E-state index < -0.39 is 0 Å². The molecule has 0 aromatic carbocycles. The Morgan fingerprint density at radius 1 is 1.44 bits per heavy atom. The summed E-state index contributed by atoms with van der Waals surface area (Å²) >= 11 is 0. The van der Waals surface area contributed by atoms with Crippen molar-refractivity contribution in [2.75, 3.05) is 6.61 Å². The lowest BCUT2D eigenvalue weighted by Gasteiger charge is -2.28. The van der Waals surface area contributed by atoms with E-state index in [0.717, 1.165) is 25.1 Å². The van der Waals surface area contributed by atoms with Crippen molar-refractivity contribution in [1.82, 2.24) is 10.3 Å². The first-order valence-corrected chi connectivity index (χ1v) is 6.02. The molecule has 1 fully saturated rings. The predicted molar refractivity (Wildman–Crippen MR) is 64.1 cm³/mol. The third kappa shape index (κ3) is 2.42. The van der Waals surface area contributed by atoms with Crippen molar-refractivity contribution < 1.29 is 5.11 Å². The van der Waals surface area contributed by atoms with Crippen LogP contribution in [0.15, 0.2) is 18.3 Å². The summed E-state index contributed by atoms with van der Waals surface area (Å²) in [6.07, 6.45) is 6.42. The minimum absolute atomic E-state index is 0.0516. The molecule has 0 amide bonds. The van der Waals surface area contributed by atoms with Gasteiger partial charge in [-0.3, -0.25) is 4.98 Å². The molecule has 2 rings (SSSR count). The normalized spacial score (nSPS) is 18.9. The second-order valence-corrected chi connectivity index (χ2v) is 4.77. The number of aromatic nitrogens is 1. The fourth-order valence-electron chi connectivity index (χ4n) is 2.42. The Hall–Kier alpha value is -0.930. The highest BCUT2D eigenvalue weighted by Gasteiger charge is 2.32. The molecule has 0 aliphatic heterocycles. The van der Waals surface area contributed by atoms with Crippen molar-refractivity contribution in [3.8, 4) is 0 Å². The Bertz CT molecular complexity index is 346. The smallest absolute Gasteiger partial charge is 0.0613 e. The molecule has 2 N–H and O–H groups in total. The Balaban J connectivity index is 1.98. The number of aliphatic hydroxyl groups is 1. The molecule has 1 heterocycles. The van der Waals surface area contributed by atoms with Crippen molar-refractivity contribution in [3.05, 3.63) is 29.6 Å². The van der Waals surface area contributed by atoms with Crippen molar-refractivity contribution in [2.45, 2.75) is 44.7 Å². The van der Waals surface area contributed by atoms with Gasteiger partial charge in [0.1, 0.15) is 0 Å². The molecule has 1 saturated carbocycles. The fourth-order valence-corrected chi connectivity index (χ4v) is 2.42. The van der Waals surface area contributed by atoms with Crippen LogP contribution < -0.4 is 5.32 Å². The zero-order valence-corrected chi connectivity index (χ0v) is 9.87. The monoisotopic (exact) mass is 220 g/mol. The highest BCUT2D eigenvalue weighted by Crippen LogP contribution is 2.29. The van der Waals surface area contributed by atoms with Crippen LogP contribution in [0.3, 0.4) is 0 Å². The molecule has 16 heavy (non-hydrogen) atoms. The van der Waals surface area contributed by atoms with Gasteiger partial charge in [-0.1, -0.05) is 18.9 Å². The van der Waals surface area contributed by atoms with Crippen molar-refractivity contribution in [1.29, 1.82) is 0 Å². The molecule has 1 aliphatic carbocycles. The number of nitrogens with one attached hydrogen (secondary N) is 1. The summed E-state index contributed by atoms with van der Waals surface area (Å²) in [5.41, 5.74) is 2.24. The molecule has 1 aromatic rings. The first-order chi connectivity index (χ1) is 7.76. The molecular formula is C13H20N2O. The summed E-state index contributed by atoms with van der Waals surface area (Å²) in [6.45, 7) is 3.07. The van der Waals surface area contributed by atoms with E-state index in [2.05, 4.69) is 23.3 Å². The van der Waals surface area contributed by atoms with Gasteiger partial charge in [0.2, 0.25) is 0 Å². The largest absolute Gasteiger partial charge is 0.394 e. The van der Waals surface area contributed by atoms with E-state index in [0.29, 0.717) is 0 Å². The number of rotatable bonds is 4. The lowest BCUT2D eigenvalue weighted by Crippen LogP contribution is -2.45. The minimum atomic E-state index is -0.0516. The quantitative estimate of drug-likeness (QED) is 0.813. The van der Waals surface area contributed by atoms with Crippen LogP contribution in [0.2, 0.25) is 0 Å². The van der Waals surface area contributed by atoms with E-state index >= 15 is 0 Å². The molecule has 1 aromatic heterocycles. The highest BCUT2D eigenvalue weighted by molar-refractivity contribution is 5.17. The van der Waals surface area contributed by atoms with Gasteiger partial charge in [-0.05, 0) is 31.4 Å². The van der Waals surface area contributed by atoms with E-state index in [9.17, 15) is 5.11 Å². The zero-order valence-electron chi connectivity index (χ0n) is 9.87. The van der Waals surface area contributed by atoms with Gasteiger partial charge in [0, 0.05) is 18.3 Å². The van der Waals surface area contributed by atoms with Crippen LogP contribution in [0.1, 0.15) is 36.9 Å². The summed E-state index contributed by atoms with van der Waals surface area (Å²) in [5.74, 6) is 0. The molecule has 0 radical (unpaired) electrons. The standard InChI is InChI=1S/C13H20N2O/c1-11-5-4-8-14-12(11)9-15-13(10-16)6-2-3-7-13/h4-5,8,15-16H,2-3,6-7,9-10H2,1H3. The van der Waals surface area contributed by atoms with Crippen LogP contribution >= 0.6 is 0 Å². The van der Waals surface area contributed by atoms with Gasteiger partial charge in [0.05, 0.1) is 12.3 Å². The molecule has 0 spiro atoms. The number of aryl methyl sites for hydroxylation is 1. The Kier molecular flexibility index (Phi) is 3.56. The lowest BCUT2D eigenvalue weighted by atomic mass is 9.98. The van der Waals surface area contributed by atoms with Gasteiger partial charge in [0.15, 0.2) is 0 Å². The number of hydrogen-bond donors (Lipinski definition) is 2. The van der Waals surface area contributed by atoms with Gasteiger partial charge in [-0.15, -0.1) is 0 Å². The molecule has 0 atom stereocenters. The number of hydrogen-bond acceptors (Lipinski definition) is 3. The van der Waals surface area contributed by atoms with Crippen LogP contribution in [-0.2, 0) is 6.54 Å². The molecule has 0 saturated heterocycles. The molecule has 0 bridgehead atoms. The third-order valence-electron chi connectivity index (χ3n) is 3.61. The average molecular weight is 220 g/mol. The van der Waals surface area contributed by atoms with Gasteiger partial charge in [-0.25, -0.2) is 0 Å². The van der Waals surface area contributed by atoms with Crippen LogP contribution in [0.4, 0.5) is 0 Å². The number of aliphatic hydroxyl groups excluding tert-OH is 1. The molecule has 88 valence electrons. The Morgan fingerprint density at radius 2 is 2.19 bits per heavy atom. The van der Waals surface area contributed by atoms with Crippen LogP contribution in [0.5, 0.6) is 0 Å². The first kappa shape index (κ1) is 11.6. The topological polar surface area (TPSA) is 45.2 Å². The maximum absolute atomic E-state index is 9.48. The molecule has 3 nitrogen and oxygen atoms in total. The van der Waals surface area contributed by atoms with E-state index in [1.54, 1.807) is 0 Å². The lowest BCUT2D eigenvalue weighted by molar-refractivity contribution is 0.162. The average Bonchev–Trinajstić information content (AvgIpc) is 2.78. The Labute approximate surface area is 96.9 Å². The second kappa shape index (κ2) is 4.93. The van der Waals surface area contributed by atoms with Crippen LogP contribution in [0.25, 0.3) is 0 Å². The summed E-state index contributed by atoms with van der Waals surface area (Å²) in [7, 11) is 0. The summed E-state index contributed by atoms with van der Waals surface area (Å²) in [4.78, 5) is 4.36. The van der Waals surface area contributed by atoms with Crippen LogP contribution in [0, 0.1) is 6.92 Å². The molecular weight excluding hydrogens is 200 g/mol. The van der Waals surface area contributed by atoms with E-state index in [1.807, 2.05) is 12.3 Å².